The maximum absolute atomic E-state index is 12.7. The predicted molar refractivity (Wildman–Crippen MR) is 77.7 cm³/mol. The van der Waals surface area contributed by atoms with E-state index in [1.54, 1.807) is 24.3 Å². The van der Waals surface area contributed by atoms with Crippen molar-refractivity contribution in [2.75, 3.05) is 18.0 Å². The van der Waals surface area contributed by atoms with Crippen LogP contribution in [0.1, 0.15) is 5.56 Å². The smallest absolute Gasteiger partial charge is 0.264 e. The van der Waals surface area contributed by atoms with E-state index in [9.17, 15) is 8.42 Å². The summed E-state index contributed by atoms with van der Waals surface area (Å²) in [5.41, 5.74) is 1.84. The second-order valence-electron chi connectivity index (χ2n) is 4.63. The van der Waals surface area contributed by atoms with E-state index in [0.717, 1.165) is 17.7 Å². The number of nitrogens with zero attached hydrogens (tertiary/aromatic N) is 1. The lowest BCUT2D eigenvalue weighted by Crippen LogP contribution is -2.29. The number of benzene rings is 2. The Morgan fingerprint density at radius 1 is 1.10 bits per heavy atom. The molecule has 2 aromatic rings. The molecular formula is C15H15NO3S. The molecule has 0 aliphatic carbocycles. The van der Waals surface area contributed by atoms with Crippen LogP contribution in [-0.2, 0) is 16.4 Å². The van der Waals surface area contributed by atoms with Crippen LogP contribution in [0.25, 0.3) is 0 Å². The van der Waals surface area contributed by atoms with E-state index >= 15 is 0 Å². The first-order chi connectivity index (χ1) is 9.63. The molecule has 20 heavy (non-hydrogen) atoms. The lowest BCUT2D eigenvalue weighted by molar-refractivity contribution is 0.413. The molecule has 1 aliphatic heterocycles. The second-order valence-corrected chi connectivity index (χ2v) is 6.50. The fraction of sp³-hybridized carbons (Fsp3) is 0.200. The van der Waals surface area contributed by atoms with Crippen molar-refractivity contribution in [3.8, 4) is 5.75 Å². The van der Waals surface area contributed by atoms with Gasteiger partial charge in [-0.1, -0.05) is 24.3 Å². The van der Waals surface area contributed by atoms with Crippen LogP contribution in [0.5, 0.6) is 5.75 Å². The number of hydrogen-bond acceptors (Lipinski definition) is 3. The molecule has 0 saturated heterocycles. The third-order valence-corrected chi connectivity index (χ3v) is 5.28. The highest BCUT2D eigenvalue weighted by atomic mass is 32.2. The highest BCUT2D eigenvalue weighted by Crippen LogP contribution is 2.33. The zero-order valence-electron chi connectivity index (χ0n) is 11.1. The number of anilines is 1. The van der Waals surface area contributed by atoms with Gasteiger partial charge in [0, 0.05) is 12.6 Å². The van der Waals surface area contributed by atoms with Crippen LogP contribution in [0.15, 0.2) is 53.4 Å². The van der Waals surface area contributed by atoms with Crippen molar-refractivity contribution >= 4 is 15.7 Å². The van der Waals surface area contributed by atoms with Crippen molar-refractivity contribution in [1.82, 2.24) is 0 Å². The number of fused-ring (bicyclic) bond motifs is 1. The number of methoxy groups -OCH3 is 1. The summed E-state index contributed by atoms with van der Waals surface area (Å²) in [7, 11) is -2.01. The van der Waals surface area contributed by atoms with Crippen LogP contribution >= 0.6 is 0 Å². The van der Waals surface area contributed by atoms with Gasteiger partial charge in [-0.25, -0.2) is 8.42 Å². The molecule has 0 fully saturated rings. The molecule has 5 heteroatoms. The average Bonchev–Trinajstić information content (AvgIpc) is 2.92. The van der Waals surface area contributed by atoms with E-state index in [4.69, 9.17) is 4.74 Å². The van der Waals surface area contributed by atoms with Gasteiger partial charge in [0.1, 0.15) is 5.75 Å². The monoisotopic (exact) mass is 289 g/mol. The van der Waals surface area contributed by atoms with E-state index in [1.165, 1.54) is 11.4 Å². The Labute approximate surface area is 118 Å². The number of ether oxygens (including phenoxy) is 1. The molecule has 0 saturated carbocycles. The molecule has 104 valence electrons. The Bertz CT molecular complexity index is 740. The highest BCUT2D eigenvalue weighted by molar-refractivity contribution is 7.92. The van der Waals surface area contributed by atoms with Gasteiger partial charge in [-0.15, -0.1) is 0 Å². The minimum absolute atomic E-state index is 0.258. The zero-order chi connectivity index (χ0) is 14.2. The molecule has 0 unspecified atom stereocenters. The lowest BCUT2D eigenvalue weighted by Gasteiger charge is -2.19. The largest absolute Gasteiger partial charge is 0.497 e. The third kappa shape index (κ3) is 2.04. The molecule has 1 heterocycles. The Morgan fingerprint density at radius 3 is 2.70 bits per heavy atom. The van der Waals surface area contributed by atoms with Gasteiger partial charge in [0.2, 0.25) is 0 Å². The molecule has 3 rings (SSSR count). The van der Waals surface area contributed by atoms with Crippen molar-refractivity contribution in [1.29, 1.82) is 0 Å². The molecule has 1 aliphatic rings. The Kier molecular flexibility index (Phi) is 3.14. The minimum atomic E-state index is -3.53. The summed E-state index contributed by atoms with van der Waals surface area (Å²) in [4.78, 5) is 0.258. The van der Waals surface area contributed by atoms with E-state index in [1.807, 2.05) is 24.3 Å². The van der Waals surface area contributed by atoms with Crippen molar-refractivity contribution in [3.63, 3.8) is 0 Å². The van der Waals surface area contributed by atoms with Gasteiger partial charge in [-0.05, 0) is 30.2 Å². The summed E-state index contributed by atoms with van der Waals surface area (Å²) in [6.07, 6.45) is 0.749. The van der Waals surface area contributed by atoms with Crippen molar-refractivity contribution in [3.05, 3.63) is 54.1 Å². The van der Waals surface area contributed by atoms with Gasteiger partial charge in [0.15, 0.2) is 0 Å². The van der Waals surface area contributed by atoms with Crippen LogP contribution in [0.2, 0.25) is 0 Å². The molecule has 0 atom stereocenters. The fourth-order valence-corrected chi connectivity index (χ4v) is 3.99. The SMILES string of the molecule is COc1cccc(S(=O)(=O)N2CCc3ccccc32)c1. The second kappa shape index (κ2) is 4.83. The Hall–Kier alpha value is -2.01. The van der Waals surface area contributed by atoms with Crippen molar-refractivity contribution < 1.29 is 13.2 Å². The highest BCUT2D eigenvalue weighted by Gasteiger charge is 2.30. The van der Waals surface area contributed by atoms with Crippen LogP contribution in [0, 0.1) is 0 Å². The van der Waals surface area contributed by atoms with Crippen LogP contribution < -0.4 is 9.04 Å². The maximum Gasteiger partial charge on any atom is 0.264 e. The zero-order valence-corrected chi connectivity index (χ0v) is 11.9. The number of sulfonamides is 1. The molecule has 0 amide bonds. The van der Waals surface area contributed by atoms with Gasteiger partial charge in [-0.3, -0.25) is 4.31 Å². The maximum atomic E-state index is 12.7. The van der Waals surface area contributed by atoms with Gasteiger partial charge in [0.05, 0.1) is 17.7 Å². The van der Waals surface area contributed by atoms with Gasteiger partial charge in [-0.2, -0.15) is 0 Å². The molecule has 0 bridgehead atoms. The molecule has 0 radical (unpaired) electrons. The molecule has 0 aromatic heterocycles. The number of hydrogen-bond donors (Lipinski definition) is 0. The first-order valence-electron chi connectivity index (χ1n) is 6.37. The summed E-state index contributed by atoms with van der Waals surface area (Å²) in [5.74, 6) is 0.540. The van der Waals surface area contributed by atoms with E-state index in [0.29, 0.717) is 12.3 Å². The van der Waals surface area contributed by atoms with Crippen molar-refractivity contribution in [2.24, 2.45) is 0 Å². The first kappa shape index (κ1) is 13.0. The molecule has 0 N–H and O–H groups in total. The van der Waals surface area contributed by atoms with Crippen molar-refractivity contribution in [2.45, 2.75) is 11.3 Å². The van der Waals surface area contributed by atoms with Crippen LogP contribution in [0.4, 0.5) is 5.69 Å². The summed E-state index contributed by atoms with van der Waals surface area (Å²) in [6.45, 7) is 0.485. The summed E-state index contributed by atoms with van der Waals surface area (Å²) >= 11 is 0. The lowest BCUT2D eigenvalue weighted by atomic mass is 10.2. The summed E-state index contributed by atoms with van der Waals surface area (Å²) in [6, 6.07) is 14.2. The fourth-order valence-electron chi connectivity index (χ4n) is 2.45. The van der Waals surface area contributed by atoms with E-state index in [2.05, 4.69) is 0 Å². The van der Waals surface area contributed by atoms with E-state index in [-0.39, 0.29) is 4.90 Å². The predicted octanol–water partition coefficient (Wildman–Crippen LogP) is 2.45. The number of para-hydroxylation sites is 1. The standard InChI is InChI=1S/C15H15NO3S/c1-19-13-6-4-7-14(11-13)20(17,18)16-10-9-12-5-2-3-8-15(12)16/h2-8,11H,9-10H2,1H3. The third-order valence-electron chi connectivity index (χ3n) is 3.47. The van der Waals surface area contributed by atoms with Crippen LogP contribution in [-0.4, -0.2) is 22.1 Å². The summed E-state index contributed by atoms with van der Waals surface area (Å²) in [5, 5.41) is 0. The minimum Gasteiger partial charge on any atom is -0.497 e. The average molecular weight is 289 g/mol. The Balaban J connectivity index is 2.05. The molecular weight excluding hydrogens is 274 g/mol. The Morgan fingerprint density at radius 2 is 1.90 bits per heavy atom. The first-order valence-corrected chi connectivity index (χ1v) is 7.81. The van der Waals surface area contributed by atoms with Gasteiger partial charge >= 0.3 is 0 Å². The quantitative estimate of drug-likeness (QED) is 0.872. The van der Waals surface area contributed by atoms with Gasteiger partial charge in [0.25, 0.3) is 10.0 Å². The van der Waals surface area contributed by atoms with E-state index < -0.39 is 10.0 Å². The van der Waals surface area contributed by atoms with Crippen LogP contribution in [0.3, 0.4) is 0 Å². The molecule has 2 aromatic carbocycles. The summed E-state index contributed by atoms with van der Waals surface area (Å²) < 4.78 is 32.0. The van der Waals surface area contributed by atoms with Gasteiger partial charge < -0.3 is 4.74 Å². The number of rotatable bonds is 3. The normalized spacial score (nSPS) is 14.2. The topological polar surface area (TPSA) is 46.6 Å². The molecule has 4 nitrogen and oxygen atoms in total. The molecule has 0 spiro atoms.